The Morgan fingerprint density at radius 3 is 2.79 bits per heavy atom. The summed E-state index contributed by atoms with van der Waals surface area (Å²) in [6.45, 7) is 0.327. The van der Waals surface area contributed by atoms with E-state index in [-0.39, 0.29) is 29.9 Å². The van der Waals surface area contributed by atoms with Gasteiger partial charge in [-0.25, -0.2) is 0 Å². The van der Waals surface area contributed by atoms with E-state index >= 15 is 0 Å². The normalized spacial score (nSPS) is 20.6. The van der Waals surface area contributed by atoms with Crippen molar-refractivity contribution in [3.05, 3.63) is 29.8 Å². The minimum atomic E-state index is -1.00. The number of benzene rings is 1. The fraction of sp³-hybridized carbons (Fsp3) is 0.385. The maximum absolute atomic E-state index is 11.9. The number of halogens is 1. The minimum absolute atomic E-state index is 0.0435. The highest BCUT2D eigenvalue weighted by atomic mass is 35.5. The number of likely N-dealkylation sites (tertiary alicyclic amines) is 1. The zero-order chi connectivity index (χ0) is 14.0. The van der Waals surface area contributed by atoms with Crippen LogP contribution in [0.1, 0.15) is 24.4 Å². The molecule has 6 heteroatoms. The van der Waals surface area contributed by atoms with Crippen LogP contribution in [0.4, 0.5) is 0 Å². The molecular weight excluding hydrogens is 270 g/mol. The lowest BCUT2D eigenvalue weighted by molar-refractivity contribution is -0.139. The molecule has 0 aliphatic carbocycles. The Labute approximate surface area is 115 Å². The van der Waals surface area contributed by atoms with Gasteiger partial charge >= 0.3 is 5.97 Å². The standard InChI is InChI=1S/C13H14ClNO4/c14-9-5-12(17)15(7-9)11(6-13(18)19)8-2-1-3-10(16)4-8/h1-4,9,11,16H,5-7H2,(H,18,19). The first-order chi connectivity index (χ1) is 8.97. The second-order valence-electron chi connectivity index (χ2n) is 4.56. The summed E-state index contributed by atoms with van der Waals surface area (Å²) < 4.78 is 0. The number of aromatic hydroxyl groups is 1. The number of phenols is 1. The highest BCUT2D eigenvalue weighted by Gasteiger charge is 2.35. The number of aliphatic carboxylic acids is 1. The largest absolute Gasteiger partial charge is 0.508 e. The number of hydrogen-bond donors (Lipinski definition) is 2. The molecule has 1 heterocycles. The van der Waals surface area contributed by atoms with Crippen LogP contribution in [0, 0.1) is 0 Å². The molecule has 1 saturated heterocycles. The Morgan fingerprint density at radius 2 is 2.26 bits per heavy atom. The van der Waals surface area contributed by atoms with Crippen LogP contribution in [-0.2, 0) is 9.59 Å². The summed E-state index contributed by atoms with van der Waals surface area (Å²) in [4.78, 5) is 24.3. The highest BCUT2D eigenvalue weighted by molar-refractivity contribution is 6.22. The van der Waals surface area contributed by atoms with Gasteiger partial charge in [0.05, 0.1) is 17.8 Å². The van der Waals surface area contributed by atoms with Crippen molar-refractivity contribution in [2.24, 2.45) is 0 Å². The van der Waals surface area contributed by atoms with Gasteiger partial charge in [-0.2, -0.15) is 0 Å². The molecule has 5 nitrogen and oxygen atoms in total. The highest BCUT2D eigenvalue weighted by Crippen LogP contribution is 2.31. The molecule has 2 unspecified atom stereocenters. The van der Waals surface area contributed by atoms with Crippen molar-refractivity contribution >= 4 is 23.5 Å². The second-order valence-corrected chi connectivity index (χ2v) is 5.17. The van der Waals surface area contributed by atoms with E-state index < -0.39 is 12.0 Å². The third-order valence-corrected chi connectivity index (χ3v) is 3.40. The van der Waals surface area contributed by atoms with Crippen molar-refractivity contribution in [2.75, 3.05) is 6.54 Å². The first-order valence-electron chi connectivity index (χ1n) is 5.91. The van der Waals surface area contributed by atoms with Gasteiger partial charge in [-0.3, -0.25) is 9.59 Å². The molecule has 19 heavy (non-hydrogen) atoms. The number of amides is 1. The third-order valence-electron chi connectivity index (χ3n) is 3.11. The van der Waals surface area contributed by atoms with E-state index in [1.165, 1.54) is 17.0 Å². The average Bonchev–Trinajstić information content (AvgIpc) is 2.65. The summed E-state index contributed by atoms with van der Waals surface area (Å²) in [5, 5.41) is 18.2. The SMILES string of the molecule is O=C(O)CC(c1cccc(O)c1)N1CC(Cl)CC1=O. The fourth-order valence-corrected chi connectivity index (χ4v) is 2.57. The Hall–Kier alpha value is -1.75. The van der Waals surface area contributed by atoms with E-state index in [4.69, 9.17) is 16.7 Å². The van der Waals surface area contributed by atoms with Crippen molar-refractivity contribution in [1.29, 1.82) is 0 Å². The van der Waals surface area contributed by atoms with E-state index in [0.29, 0.717) is 12.1 Å². The van der Waals surface area contributed by atoms with Crippen LogP contribution in [0.25, 0.3) is 0 Å². The summed E-state index contributed by atoms with van der Waals surface area (Å²) >= 11 is 5.94. The number of alkyl halides is 1. The molecule has 1 aromatic carbocycles. The molecule has 1 aliphatic heterocycles. The predicted octanol–water partition coefficient (Wildman–Crippen LogP) is 1.75. The van der Waals surface area contributed by atoms with Crippen LogP contribution in [0.2, 0.25) is 0 Å². The maximum atomic E-state index is 11.9. The monoisotopic (exact) mass is 283 g/mol. The lowest BCUT2D eigenvalue weighted by Gasteiger charge is -2.27. The second kappa shape index (κ2) is 5.48. The van der Waals surface area contributed by atoms with E-state index in [1.54, 1.807) is 12.1 Å². The number of phenolic OH excluding ortho intramolecular Hbond substituents is 1. The number of carboxylic acids is 1. The molecule has 2 rings (SSSR count). The van der Waals surface area contributed by atoms with E-state index in [0.717, 1.165) is 0 Å². The van der Waals surface area contributed by atoms with Crippen molar-refractivity contribution in [2.45, 2.75) is 24.3 Å². The van der Waals surface area contributed by atoms with Crippen LogP contribution >= 0.6 is 11.6 Å². The van der Waals surface area contributed by atoms with Gasteiger partial charge in [-0.05, 0) is 17.7 Å². The molecule has 1 aliphatic rings. The Kier molecular flexibility index (Phi) is 3.95. The number of rotatable bonds is 4. The van der Waals surface area contributed by atoms with Crippen molar-refractivity contribution < 1.29 is 19.8 Å². The Bertz CT molecular complexity index is 505. The van der Waals surface area contributed by atoms with Gasteiger partial charge in [0.2, 0.25) is 5.91 Å². The molecule has 0 bridgehead atoms. The third kappa shape index (κ3) is 3.17. The van der Waals surface area contributed by atoms with Crippen LogP contribution in [0.5, 0.6) is 5.75 Å². The summed E-state index contributed by atoms with van der Waals surface area (Å²) in [5.74, 6) is -1.12. The molecule has 0 spiro atoms. The van der Waals surface area contributed by atoms with Crippen LogP contribution in [-0.4, -0.2) is 38.9 Å². The molecular formula is C13H14ClNO4. The lowest BCUT2D eigenvalue weighted by atomic mass is 10.0. The van der Waals surface area contributed by atoms with Gasteiger partial charge in [0.15, 0.2) is 0 Å². The molecule has 2 N–H and O–H groups in total. The quantitative estimate of drug-likeness (QED) is 0.825. The molecule has 102 valence electrons. The van der Waals surface area contributed by atoms with Crippen molar-refractivity contribution in [3.8, 4) is 5.75 Å². The summed E-state index contributed by atoms with van der Waals surface area (Å²) in [6, 6.07) is 5.70. The van der Waals surface area contributed by atoms with Crippen LogP contribution in [0.15, 0.2) is 24.3 Å². The minimum Gasteiger partial charge on any atom is -0.508 e. The first-order valence-corrected chi connectivity index (χ1v) is 6.35. The maximum Gasteiger partial charge on any atom is 0.305 e. The molecule has 1 amide bonds. The van der Waals surface area contributed by atoms with Crippen molar-refractivity contribution in [3.63, 3.8) is 0 Å². The molecule has 1 fully saturated rings. The Balaban J connectivity index is 2.30. The molecule has 1 aromatic rings. The van der Waals surface area contributed by atoms with Gasteiger partial charge in [0, 0.05) is 13.0 Å². The van der Waals surface area contributed by atoms with Gasteiger partial charge < -0.3 is 15.1 Å². The lowest BCUT2D eigenvalue weighted by Crippen LogP contribution is -2.32. The summed E-state index contributed by atoms with van der Waals surface area (Å²) in [7, 11) is 0. The average molecular weight is 284 g/mol. The van der Waals surface area contributed by atoms with E-state index in [9.17, 15) is 14.7 Å². The Morgan fingerprint density at radius 1 is 1.53 bits per heavy atom. The number of nitrogens with zero attached hydrogens (tertiary/aromatic N) is 1. The smallest absolute Gasteiger partial charge is 0.305 e. The topological polar surface area (TPSA) is 77.8 Å². The van der Waals surface area contributed by atoms with Crippen molar-refractivity contribution in [1.82, 2.24) is 4.90 Å². The van der Waals surface area contributed by atoms with Gasteiger partial charge in [0.1, 0.15) is 5.75 Å². The first kappa shape index (κ1) is 13.7. The van der Waals surface area contributed by atoms with Gasteiger partial charge in [-0.1, -0.05) is 12.1 Å². The van der Waals surface area contributed by atoms with E-state index in [2.05, 4.69) is 0 Å². The number of carbonyl (C=O) groups is 2. The zero-order valence-electron chi connectivity index (χ0n) is 10.1. The van der Waals surface area contributed by atoms with Gasteiger partial charge in [-0.15, -0.1) is 11.6 Å². The zero-order valence-corrected chi connectivity index (χ0v) is 10.9. The van der Waals surface area contributed by atoms with Crippen LogP contribution in [0.3, 0.4) is 0 Å². The van der Waals surface area contributed by atoms with Crippen LogP contribution < -0.4 is 0 Å². The fourth-order valence-electron chi connectivity index (χ4n) is 2.29. The summed E-state index contributed by atoms with van der Waals surface area (Å²) in [6.07, 6.45) is 0.00922. The van der Waals surface area contributed by atoms with Gasteiger partial charge in [0.25, 0.3) is 0 Å². The summed E-state index contributed by atoms with van der Waals surface area (Å²) in [5.41, 5.74) is 0.599. The molecule has 0 radical (unpaired) electrons. The van der Waals surface area contributed by atoms with E-state index in [1.807, 2.05) is 0 Å². The molecule has 0 aromatic heterocycles. The number of carbonyl (C=O) groups excluding carboxylic acids is 1. The number of hydrogen-bond acceptors (Lipinski definition) is 3. The molecule has 2 atom stereocenters. The predicted molar refractivity (Wildman–Crippen MR) is 69.1 cm³/mol. The molecule has 0 saturated carbocycles. The number of carboxylic acid groups (broad SMARTS) is 1.